The Morgan fingerprint density at radius 2 is 2.14 bits per heavy atom. The van der Waals surface area contributed by atoms with E-state index < -0.39 is 0 Å². The second kappa shape index (κ2) is 7.59. The molecule has 0 aliphatic heterocycles. The lowest BCUT2D eigenvalue weighted by Gasteiger charge is -2.07. The molecular weight excluding hydrogens is 266 g/mol. The number of nitrogens with one attached hydrogen (secondary N) is 1. The molecule has 0 unspecified atom stereocenters. The van der Waals surface area contributed by atoms with Gasteiger partial charge in [0.25, 0.3) is 5.91 Å². The van der Waals surface area contributed by atoms with Crippen molar-refractivity contribution in [3.05, 3.63) is 36.0 Å². The molecule has 21 heavy (non-hydrogen) atoms. The van der Waals surface area contributed by atoms with Crippen LogP contribution in [0.2, 0.25) is 0 Å². The normalized spacial score (nSPS) is 10.7. The Morgan fingerprint density at radius 3 is 2.95 bits per heavy atom. The van der Waals surface area contributed by atoms with E-state index in [2.05, 4.69) is 17.2 Å². The third-order valence-corrected chi connectivity index (χ3v) is 3.10. The van der Waals surface area contributed by atoms with Crippen LogP contribution in [0.15, 0.2) is 30.3 Å². The van der Waals surface area contributed by atoms with Crippen molar-refractivity contribution in [2.45, 2.75) is 19.8 Å². The van der Waals surface area contributed by atoms with Gasteiger partial charge in [-0.05, 0) is 24.3 Å². The second-order valence-corrected chi connectivity index (χ2v) is 4.84. The molecule has 3 N–H and O–H groups in total. The maximum atomic E-state index is 12.1. The summed E-state index contributed by atoms with van der Waals surface area (Å²) in [5.74, 6) is 0.174. The molecule has 112 valence electrons. The number of carbonyl (C=O) groups is 1. The van der Waals surface area contributed by atoms with Gasteiger partial charge in [-0.25, -0.2) is 4.98 Å². The first-order valence-electron chi connectivity index (χ1n) is 7.23. The van der Waals surface area contributed by atoms with Crippen molar-refractivity contribution < 1.29 is 9.53 Å². The van der Waals surface area contributed by atoms with E-state index in [9.17, 15) is 4.79 Å². The topological polar surface area (TPSA) is 77.2 Å². The average Bonchev–Trinajstić information content (AvgIpc) is 2.50. The van der Waals surface area contributed by atoms with Crippen molar-refractivity contribution in [2.24, 2.45) is 0 Å². The van der Waals surface area contributed by atoms with Crippen LogP contribution in [-0.4, -0.2) is 30.6 Å². The minimum atomic E-state index is -0.206. The molecule has 1 aromatic heterocycles. The molecule has 0 aliphatic carbocycles. The highest BCUT2D eigenvalue weighted by molar-refractivity contribution is 5.99. The van der Waals surface area contributed by atoms with E-state index in [-0.39, 0.29) is 5.91 Å². The van der Waals surface area contributed by atoms with Gasteiger partial charge >= 0.3 is 0 Å². The Kier molecular flexibility index (Phi) is 5.51. The van der Waals surface area contributed by atoms with E-state index in [1.165, 1.54) is 0 Å². The van der Waals surface area contributed by atoms with Gasteiger partial charge in [-0.15, -0.1) is 0 Å². The maximum absolute atomic E-state index is 12.1. The highest BCUT2D eigenvalue weighted by atomic mass is 16.5. The Bertz CT molecular complexity index is 613. The average molecular weight is 287 g/mol. The number of hydrogen-bond donors (Lipinski definition) is 2. The van der Waals surface area contributed by atoms with E-state index in [0.29, 0.717) is 24.7 Å². The molecule has 1 heterocycles. The predicted molar refractivity (Wildman–Crippen MR) is 84.2 cm³/mol. The van der Waals surface area contributed by atoms with Gasteiger partial charge in [-0.1, -0.05) is 31.2 Å². The molecule has 2 aromatic rings. The first-order chi connectivity index (χ1) is 10.2. The summed E-state index contributed by atoms with van der Waals surface area (Å²) in [5.41, 5.74) is 6.24. The number of fused-ring (bicyclic) bond motifs is 1. The van der Waals surface area contributed by atoms with Gasteiger partial charge in [0.05, 0.1) is 0 Å². The number of rotatable bonds is 7. The molecule has 0 saturated carbocycles. The van der Waals surface area contributed by atoms with Gasteiger partial charge in [0, 0.05) is 25.1 Å². The highest BCUT2D eigenvalue weighted by Gasteiger charge is 2.09. The van der Waals surface area contributed by atoms with Gasteiger partial charge in [0.15, 0.2) is 0 Å². The highest BCUT2D eigenvalue weighted by Crippen LogP contribution is 2.19. The van der Waals surface area contributed by atoms with Gasteiger partial charge in [0.1, 0.15) is 11.5 Å². The minimum absolute atomic E-state index is 0.206. The fraction of sp³-hybridized carbons (Fsp3) is 0.375. The smallest absolute Gasteiger partial charge is 0.269 e. The number of nitrogens with zero attached hydrogens (tertiary/aromatic N) is 1. The lowest BCUT2D eigenvalue weighted by molar-refractivity contribution is 0.0937. The lowest BCUT2D eigenvalue weighted by atomic mass is 10.1. The number of carbonyl (C=O) groups excluding carboxylic acids is 1. The largest absolute Gasteiger partial charge is 0.383 e. The molecule has 0 fully saturated rings. The van der Waals surface area contributed by atoms with E-state index in [1.54, 1.807) is 6.07 Å². The Labute approximate surface area is 124 Å². The molecule has 0 spiro atoms. The zero-order valence-electron chi connectivity index (χ0n) is 12.3. The van der Waals surface area contributed by atoms with E-state index in [0.717, 1.165) is 30.2 Å². The molecule has 1 aromatic carbocycles. The van der Waals surface area contributed by atoms with Crippen LogP contribution < -0.4 is 11.1 Å². The number of nitrogen functional groups attached to an aromatic ring is 1. The van der Waals surface area contributed by atoms with Crippen LogP contribution in [-0.2, 0) is 4.74 Å². The van der Waals surface area contributed by atoms with Gasteiger partial charge in [0.2, 0.25) is 0 Å². The summed E-state index contributed by atoms with van der Waals surface area (Å²) < 4.78 is 5.36. The van der Waals surface area contributed by atoms with Crippen molar-refractivity contribution in [2.75, 3.05) is 25.5 Å². The number of aromatic nitrogens is 1. The molecular formula is C16H21N3O2. The summed E-state index contributed by atoms with van der Waals surface area (Å²) in [7, 11) is 0. The number of anilines is 1. The van der Waals surface area contributed by atoms with Gasteiger partial charge in [-0.2, -0.15) is 0 Å². The molecule has 5 heteroatoms. The summed E-state index contributed by atoms with van der Waals surface area (Å²) in [6.45, 7) is 4.05. The standard InChI is InChI=1S/C16H21N3O2/c1-2-9-21-10-5-8-18-16(20)14-11-12-6-3-4-7-13(12)15(17)19-14/h3-4,6-7,11H,2,5,8-10H2,1H3,(H2,17,19)(H,18,20). The van der Waals surface area contributed by atoms with E-state index in [4.69, 9.17) is 10.5 Å². The quantitative estimate of drug-likeness (QED) is 0.766. The van der Waals surface area contributed by atoms with E-state index in [1.807, 2.05) is 24.3 Å². The van der Waals surface area contributed by atoms with Crippen molar-refractivity contribution in [1.29, 1.82) is 0 Å². The monoisotopic (exact) mass is 287 g/mol. The zero-order chi connectivity index (χ0) is 15.1. The van der Waals surface area contributed by atoms with Gasteiger partial charge in [-0.3, -0.25) is 4.79 Å². The molecule has 2 rings (SSSR count). The Balaban J connectivity index is 1.93. The summed E-state index contributed by atoms with van der Waals surface area (Å²) in [6.07, 6.45) is 1.79. The number of nitrogens with two attached hydrogens (primary N) is 1. The lowest BCUT2D eigenvalue weighted by Crippen LogP contribution is -2.26. The van der Waals surface area contributed by atoms with Crippen LogP contribution >= 0.6 is 0 Å². The van der Waals surface area contributed by atoms with E-state index >= 15 is 0 Å². The third-order valence-electron chi connectivity index (χ3n) is 3.10. The van der Waals surface area contributed by atoms with Crippen molar-refractivity contribution >= 4 is 22.5 Å². The predicted octanol–water partition coefficient (Wildman–Crippen LogP) is 2.36. The van der Waals surface area contributed by atoms with Crippen molar-refractivity contribution in [3.63, 3.8) is 0 Å². The fourth-order valence-corrected chi connectivity index (χ4v) is 2.06. The van der Waals surface area contributed by atoms with Crippen LogP contribution in [0.25, 0.3) is 10.8 Å². The van der Waals surface area contributed by atoms with Crippen LogP contribution in [0.5, 0.6) is 0 Å². The summed E-state index contributed by atoms with van der Waals surface area (Å²) >= 11 is 0. The fourth-order valence-electron chi connectivity index (χ4n) is 2.06. The summed E-state index contributed by atoms with van der Waals surface area (Å²) in [4.78, 5) is 16.2. The third kappa shape index (κ3) is 4.16. The molecule has 0 radical (unpaired) electrons. The molecule has 5 nitrogen and oxygen atoms in total. The zero-order valence-corrected chi connectivity index (χ0v) is 12.3. The minimum Gasteiger partial charge on any atom is -0.383 e. The number of amides is 1. The first-order valence-corrected chi connectivity index (χ1v) is 7.23. The number of benzene rings is 1. The maximum Gasteiger partial charge on any atom is 0.269 e. The number of pyridine rings is 1. The molecule has 0 atom stereocenters. The van der Waals surface area contributed by atoms with Crippen molar-refractivity contribution in [1.82, 2.24) is 10.3 Å². The molecule has 0 aliphatic rings. The molecule has 0 bridgehead atoms. The van der Waals surface area contributed by atoms with Crippen LogP contribution in [0.1, 0.15) is 30.3 Å². The van der Waals surface area contributed by atoms with Crippen LogP contribution in [0.3, 0.4) is 0 Å². The Morgan fingerprint density at radius 1 is 1.33 bits per heavy atom. The first kappa shape index (κ1) is 15.3. The van der Waals surface area contributed by atoms with Gasteiger partial charge < -0.3 is 15.8 Å². The SMILES string of the molecule is CCCOCCCNC(=O)c1cc2ccccc2c(N)n1. The van der Waals surface area contributed by atoms with Crippen molar-refractivity contribution in [3.8, 4) is 0 Å². The van der Waals surface area contributed by atoms with Crippen LogP contribution in [0, 0.1) is 0 Å². The molecule has 1 amide bonds. The number of ether oxygens (including phenoxy) is 1. The molecule has 0 saturated heterocycles. The number of hydrogen-bond acceptors (Lipinski definition) is 4. The second-order valence-electron chi connectivity index (χ2n) is 4.84. The summed E-state index contributed by atoms with van der Waals surface area (Å²) in [5, 5.41) is 4.61. The van der Waals surface area contributed by atoms with Crippen LogP contribution in [0.4, 0.5) is 5.82 Å². The summed E-state index contributed by atoms with van der Waals surface area (Å²) in [6, 6.07) is 9.38. The Hall–Kier alpha value is -2.14.